The summed E-state index contributed by atoms with van der Waals surface area (Å²) in [6.07, 6.45) is 4.31. The number of hydrogen-bond acceptors (Lipinski definition) is 4. The molecule has 0 N–H and O–H groups in total. The lowest BCUT2D eigenvalue weighted by Gasteiger charge is -2.05. The Kier molecular flexibility index (Phi) is 6.30. The van der Waals surface area contributed by atoms with Gasteiger partial charge < -0.3 is 9.47 Å². The van der Waals surface area contributed by atoms with E-state index in [4.69, 9.17) is 9.47 Å². The first-order valence-corrected chi connectivity index (χ1v) is 5.96. The molecular formula is C12H20N2O2. The van der Waals surface area contributed by atoms with Gasteiger partial charge in [-0.2, -0.15) is 0 Å². The monoisotopic (exact) mass is 224 g/mol. The van der Waals surface area contributed by atoms with Crippen molar-refractivity contribution in [2.75, 3.05) is 13.2 Å². The summed E-state index contributed by atoms with van der Waals surface area (Å²) in [6, 6.07) is 3.59. The Morgan fingerprint density at radius 3 is 1.62 bits per heavy atom. The molecule has 0 amide bonds. The van der Waals surface area contributed by atoms with Crippen LogP contribution in [0.5, 0.6) is 11.8 Å². The number of ether oxygens (including phenoxy) is 2. The Morgan fingerprint density at radius 1 is 0.875 bits per heavy atom. The first-order valence-electron chi connectivity index (χ1n) is 5.96. The van der Waals surface area contributed by atoms with Crippen LogP contribution >= 0.6 is 0 Å². The number of aromatic nitrogens is 2. The zero-order valence-electron chi connectivity index (χ0n) is 10.1. The topological polar surface area (TPSA) is 44.2 Å². The van der Waals surface area contributed by atoms with Gasteiger partial charge in [0.1, 0.15) is 0 Å². The molecule has 0 saturated carbocycles. The summed E-state index contributed by atoms with van der Waals surface area (Å²) < 4.78 is 10.8. The molecule has 4 nitrogen and oxygen atoms in total. The lowest BCUT2D eigenvalue weighted by atomic mass is 10.4. The summed E-state index contributed by atoms with van der Waals surface area (Å²) in [7, 11) is 0. The molecule has 0 atom stereocenters. The molecule has 0 fully saturated rings. The molecule has 0 aliphatic carbocycles. The van der Waals surface area contributed by atoms with Crippen LogP contribution in [0.25, 0.3) is 0 Å². The first kappa shape index (κ1) is 12.7. The second-order valence-electron chi connectivity index (χ2n) is 3.61. The highest BCUT2D eigenvalue weighted by Gasteiger charge is 1.98. The smallest absolute Gasteiger partial charge is 0.233 e. The van der Waals surface area contributed by atoms with Gasteiger partial charge in [0.15, 0.2) is 0 Å². The van der Waals surface area contributed by atoms with E-state index in [0.29, 0.717) is 25.0 Å². The van der Waals surface area contributed by atoms with Crippen LogP contribution in [0.1, 0.15) is 39.5 Å². The fourth-order valence-corrected chi connectivity index (χ4v) is 1.10. The maximum Gasteiger partial charge on any atom is 0.233 e. The highest BCUT2D eigenvalue weighted by atomic mass is 16.5. The predicted molar refractivity (Wildman–Crippen MR) is 62.8 cm³/mol. The summed E-state index contributed by atoms with van der Waals surface area (Å²) >= 11 is 0. The highest BCUT2D eigenvalue weighted by Crippen LogP contribution is 2.10. The molecule has 90 valence electrons. The molecule has 0 aliphatic rings. The third-order valence-corrected chi connectivity index (χ3v) is 2.11. The normalized spacial score (nSPS) is 10.1. The Bertz CT molecular complexity index is 246. The Morgan fingerprint density at radius 2 is 1.31 bits per heavy atom. The van der Waals surface area contributed by atoms with Gasteiger partial charge in [-0.15, -0.1) is 10.2 Å². The van der Waals surface area contributed by atoms with Crippen LogP contribution < -0.4 is 9.47 Å². The highest BCUT2D eigenvalue weighted by molar-refractivity contribution is 5.15. The van der Waals surface area contributed by atoms with Crippen molar-refractivity contribution in [2.45, 2.75) is 39.5 Å². The molecule has 0 radical (unpaired) electrons. The van der Waals surface area contributed by atoms with Gasteiger partial charge in [-0.05, 0) is 12.8 Å². The van der Waals surface area contributed by atoms with Crippen molar-refractivity contribution < 1.29 is 9.47 Å². The molecule has 0 unspecified atom stereocenters. The van der Waals surface area contributed by atoms with E-state index in [9.17, 15) is 0 Å². The lowest BCUT2D eigenvalue weighted by Crippen LogP contribution is -2.02. The fourth-order valence-electron chi connectivity index (χ4n) is 1.10. The van der Waals surface area contributed by atoms with Crippen LogP contribution in [-0.4, -0.2) is 23.4 Å². The summed E-state index contributed by atoms with van der Waals surface area (Å²) in [5.41, 5.74) is 0. The van der Waals surface area contributed by atoms with E-state index < -0.39 is 0 Å². The average molecular weight is 224 g/mol. The number of rotatable bonds is 8. The number of nitrogens with zero attached hydrogens (tertiary/aromatic N) is 2. The maximum atomic E-state index is 5.40. The van der Waals surface area contributed by atoms with Crippen molar-refractivity contribution in [1.82, 2.24) is 10.2 Å². The second kappa shape index (κ2) is 7.91. The fraction of sp³-hybridized carbons (Fsp3) is 0.667. The number of hydrogen-bond donors (Lipinski definition) is 0. The van der Waals surface area contributed by atoms with Crippen LogP contribution in [0.4, 0.5) is 0 Å². The molecule has 0 aliphatic heterocycles. The third-order valence-electron chi connectivity index (χ3n) is 2.11. The summed E-state index contributed by atoms with van der Waals surface area (Å²) in [4.78, 5) is 0. The van der Waals surface area contributed by atoms with Crippen LogP contribution in [0, 0.1) is 0 Å². The molecule has 16 heavy (non-hydrogen) atoms. The Balaban J connectivity index is 2.30. The van der Waals surface area contributed by atoms with Crippen LogP contribution in [0.15, 0.2) is 12.1 Å². The van der Waals surface area contributed by atoms with E-state index >= 15 is 0 Å². The lowest BCUT2D eigenvalue weighted by molar-refractivity contribution is 0.277. The van der Waals surface area contributed by atoms with Crippen molar-refractivity contribution in [3.05, 3.63) is 12.1 Å². The van der Waals surface area contributed by atoms with Gasteiger partial charge in [0, 0.05) is 12.1 Å². The van der Waals surface area contributed by atoms with Gasteiger partial charge in [-0.3, -0.25) is 0 Å². The van der Waals surface area contributed by atoms with Crippen molar-refractivity contribution >= 4 is 0 Å². The van der Waals surface area contributed by atoms with Crippen molar-refractivity contribution in [2.24, 2.45) is 0 Å². The van der Waals surface area contributed by atoms with E-state index in [1.54, 1.807) is 12.1 Å². The minimum Gasteiger partial charge on any atom is -0.477 e. The van der Waals surface area contributed by atoms with E-state index in [-0.39, 0.29) is 0 Å². The largest absolute Gasteiger partial charge is 0.477 e. The molecule has 1 aromatic heterocycles. The molecule has 0 aromatic carbocycles. The molecule has 1 heterocycles. The van der Waals surface area contributed by atoms with Crippen LogP contribution in [-0.2, 0) is 0 Å². The molecule has 1 rings (SSSR count). The molecule has 0 bridgehead atoms. The van der Waals surface area contributed by atoms with Crippen molar-refractivity contribution in [3.63, 3.8) is 0 Å². The molecule has 4 heteroatoms. The van der Waals surface area contributed by atoms with Crippen LogP contribution in [0.2, 0.25) is 0 Å². The molecule has 1 aromatic rings. The predicted octanol–water partition coefficient (Wildman–Crippen LogP) is 2.83. The summed E-state index contributed by atoms with van der Waals surface area (Å²) in [6.45, 7) is 5.64. The van der Waals surface area contributed by atoms with Gasteiger partial charge >= 0.3 is 0 Å². The minimum absolute atomic E-state index is 0.566. The van der Waals surface area contributed by atoms with Gasteiger partial charge in [0.2, 0.25) is 11.8 Å². The zero-order chi connectivity index (χ0) is 11.6. The Labute approximate surface area is 97.0 Å². The zero-order valence-corrected chi connectivity index (χ0v) is 10.1. The summed E-state index contributed by atoms with van der Waals surface area (Å²) in [5, 5.41) is 7.86. The standard InChI is InChI=1S/C12H20N2O2/c1-3-5-9-15-11-7-8-12(14-13-11)16-10-6-4-2/h7-8H,3-6,9-10H2,1-2H3. The molecular weight excluding hydrogens is 204 g/mol. The van der Waals surface area contributed by atoms with E-state index in [0.717, 1.165) is 25.7 Å². The third kappa shape index (κ3) is 4.96. The van der Waals surface area contributed by atoms with Gasteiger partial charge in [-0.1, -0.05) is 26.7 Å². The first-order chi connectivity index (χ1) is 7.86. The Hall–Kier alpha value is -1.32. The van der Waals surface area contributed by atoms with Gasteiger partial charge in [0.25, 0.3) is 0 Å². The van der Waals surface area contributed by atoms with Crippen molar-refractivity contribution in [1.29, 1.82) is 0 Å². The second-order valence-corrected chi connectivity index (χ2v) is 3.61. The molecule has 0 saturated heterocycles. The van der Waals surface area contributed by atoms with Gasteiger partial charge in [-0.25, -0.2) is 0 Å². The quantitative estimate of drug-likeness (QED) is 0.637. The van der Waals surface area contributed by atoms with E-state index in [1.807, 2.05) is 0 Å². The van der Waals surface area contributed by atoms with Crippen molar-refractivity contribution in [3.8, 4) is 11.8 Å². The summed E-state index contributed by atoms with van der Waals surface area (Å²) in [5.74, 6) is 1.13. The van der Waals surface area contributed by atoms with E-state index in [1.165, 1.54) is 0 Å². The molecule has 0 spiro atoms. The van der Waals surface area contributed by atoms with Gasteiger partial charge in [0.05, 0.1) is 13.2 Å². The van der Waals surface area contributed by atoms with Crippen LogP contribution in [0.3, 0.4) is 0 Å². The number of unbranched alkanes of at least 4 members (excludes halogenated alkanes) is 2. The van der Waals surface area contributed by atoms with E-state index in [2.05, 4.69) is 24.0 Å². The minimum atomic E-state index is 0.566. The maximum absolute atomic E-state index is 5.40. The SMILES string of the molecule is CCCCOc1ccc(OCCCC)nn1. The average Bonchev–Trinajstić information content (AvgIpc) is 2.32.